The topological polar surface area (TPSA) is 76.4 Å². The Hall–Kier alpha value is -4.09. The molecule has 2 aliphatic heterocycles. The average Bonchev–Trinajstić information content (AvgIpc) is 3.20. The molecule has 8 heteroatoms. The molecule has 0 bridgehead atoms. The van der Waals surface area contributed by atoms with E-state index < -0.39 is 34.5 Å². The molecule has 3 aromatic carbocycles. The van der Waals surface area contributed by atoms with Gasteiger partial charge in [-0.05, 0) is 92.3 Å². The van der Waals surface area contributed by atoms with Crippen molar-refractivity contribution in [3.63, 3.8) is 0 Å². The SMILES string of the molecule is Cc1ccccc1C1(C#N)CCN(CCCN2C(=O)NC(c3ccc(F)cc3)(c3ccc(F)cc3)C2=O)CC1. The Bertz CT molecular complexity index is 1360. The van der Waals surface area contributed by atoms with Crippen LogP contribution in [0.3, 0.4) is 0 Å². The molecular weight excluding hydrogens is 498 g/mol. The number of piperidine rings is 1. The maximum absolute atomic E-state index is 13.8. The van der Waals surface area contributed by atoms with Gasteiger partial charge in [0, 0.05) is 6.54 Å². The highest BCUT2D eigenvalue weighted by molar-refractivity contribution is 6.09. The molecule has 2 saturated heterocycles. The van der Waals surface area contributed by atoms with Gasteiger partial charge in [-0.1, -0.05) is 48.5 Å². The quantitative estimate of drug-likeness (QED) is 0.437. The van der Waals surface area contributed by atoms with Crippen molar-refractivity contribution >= 4 is 11.9 Å². The maximum Gasteiger partial charge on any atom is 0.325 e. The summed E-state index contributed by atoms with van der Waals surface area (Å²) in [7, 11) is 0. The fraction of sp³-hybridized carbons (Fsp3) is 0.323. The molecule has 39 heavy (non-hydrogen) atoms. The smallest absolute Gasteiger partial charge is 0.315 e. The summed E-state index contributed by atoms with van der Waals surface area (Å²) in [5.41, 5.74) is 0.939. The van der Waals surface area contributed by atoms with Crippen LogP contribution in [0.1, 0.15) is 41.5 Å². The van der Waals surface area contributed by atoms with Gasteiger partial charge in [-0.15, -0.1) is 0 Å². The normalized spacial score (nSPS) is 18.6. The Morgan fingerprint density at radius 2 is 1.44 bits per heavy atom. The number of hydrogen-bond acceptors (Lipinski definition) is 4. The number of nitrogens with one attached hydrogen (secondary N) is 1. The number of nitrogens with zero attached hydrogens (tertiary/aromatic N) is 3. The van der Waals surface area contributed by atoms with Crippen molar-refractivity contribution in [1.29, 1.82) is 5.26 Å². The lowest BCUT2D eigenvalue weighted by atomic mass is 9.72. The van der Waals surface area contributed by atoms with E-state index in [0.29, 0.717) is 24.1 Å². The van der Waals surface area contributed by atoms with E-state index in [1.165, 1.54) is 53.4 Å². The van der Waals surface area contributed by atoms with Gasteiger partial charge >= 0.3 is 6.03 Å². The van der Waals surface area contributed by atoms with E-state index in [2.05, 4.69) is 16.3 Å². The molecule has 2 aliphatic rings. The second kappa shape index (κ2) is 10.6. The average molecular weight is 529 g/mol. The summed E-state index contributed by atoms with van der Waals surface area (Å²) in [6, 6.07) is 20.9. The van der Waals surface area contributed by atoms with E-state index in [1.807, 2.05) is 31.2 Å². The Labute approximate surface area is 226 Å². The minimum Gasteiger partial charge on any atom is -0.315 e. The number of nitriles is 1. The first-order valence-corrected chi connectivity index (χ1v) is 13.1. The molecule has 200 valence electrons. The fourth-order valence-electron chi connectivity index (χ4n) is 5.90. The summed E-state index contributed by atoms with van der Waals surface area (Å²) in [5.74, 6) is -1.41. The van der Waals surface area contributed by atoms with Gasteiger partial charge < -0.3 is 10.2 Å². The summed E-state index contributed by atoms with van der Waals surface area (Å²) in [6.07, 6.45) is 2.00. The number of carbonyl (C=O) groups is 2. The Kier molecular flexibility index (Phi) is 7.19. The first kappa shape index (κ1) is 26.5. The Morgan fingerprint density at radius 3 is 1.97 bits per heavy atom. The lowest BCUT2D eigenvalue weighted by Crippen LogP contribution is -2.45. The van der Waals surface area contributed by atoms with E-state index in [9.17, 15) is 23.6 Å². The maximum atomic E-state index is 13.8. The lowest BCUT2D eigenvalue weighted by molar-refractivity contribution is -0.130. The van der Waals surface area contributed by atoms with Crippen molar-refractivity contribution in [3.8, 4) is 6.07 Å². The zero-order valence-corrected chi connectivity index (χ0v) is 21.8. The summed E-state index contributed by atoms with van der Waals surface area (Å²) in [5, 5.41) is 12.9. The first-order valence-electron chi connectivity index (χ1n) is 13.1. The number of urea groups is 1. The number of halogens is 2. The molecule has 0 aliphatic carbocycles. The number of rotatable bonds is 7. The standard InChI is InChI=1S/C31H30F2N4O2/c1-22-5-2-3-6-27(22)30(21-34)15-19-36(20-16-30)17-4-18-37-28(38)31(35-29(37)39,23-7-11-25(32)12-8-23)24-9-13-26(33)14-10-24/h2-3,5-14H,4,15-20H2,1H3,(H,35,39). The van der Waals surface area contributed by atoms with Gasteiger partial charge in [0.05, 0.1) is 11.5 Å². The number of carbonyl (C=O) groups excluding carboxylic acids is 2. The van der Waals surface area contributed by atoms with Crippen LogP contribution in [0.15, 0.2) is 72.8 Å². The van der Waals surface area contributed by atoms with Crippen molar-refractivity contribution in [2.75, 3.05) is 26.2 Å². The molecule has 0 saturated carbocycles. The largest absolute Gasteiger partial charge is 0.325 e. The molecule has 2 heterocycles. The monoisotopic (exact) mass is 528 g/mol. The van der Waals surface area contributed by atoms with E-state index in [-0.39, 0.29) is 6.54 Å². The van der Waals surface area contributed by atoms with Crippen LogP contribution < -0.4 is 5.32 Å². The minimum absolute atomic E-state index is 0.201. The highest BCUT2D eigenvalue weighted by Gasteiger charge is 2.53. The minimum atomic E-state index is -1.57. The summed E-state index contributed by atoms with van der Waals surface area (Å²) in [4.78, 5) is 30.3. The zero-order chi connectivity index (χ0) is 27.6. The van der Waals surface area contributed by atoms with Crippen LogP contribution in [0.4, 0.5) is 13.6 Å². The van der Waals surface area contributed by atoms with Crippen LogP contribution >= 0.6 is 0 Å². The van der Waals surface area contributed by atoms with Crippen molar-refractivity contribution in [2.24, 2.45) is 0 Å². The summed E-state index contributed by atoms with van der Waals surface area (Å²) >= 11 is 0. The van der Waals surface area contributed by atoms with Crippen LogP contribution in [-0.4, -0.2) is 47.9 Å². The van der Waals surface area contributed by atoms with Crippen LogP contribution in [-0.2, 0) is 15.7 Å². The van der Waals surface area contributed by atoms with Crippen molar-refractivity contribution in [2.45, 2.75) is 37.1 Å². The van der Waals surface area contributed by atoms with Crippen LogP contribution in [0.2, 0.25) is 0 Å². The predicted molar refractivity (Wildman–Crippen MR) is 143 cm³/mol. The zero-order valence-electron chi connectivity index (χ0n) is 21.8. The van der Waals surface area contributed by atoms with Gasteiger partial charge in [0.25, 0.3) is 5.91 Å². The molecule has 1 N–H and O–H groups in total. The summed E-state index contributed by atoms with van der Waals surface area (Å²) in [6.45, 7) is 4.41. The number of likely N-dealkylation sites (tertiary alicyclic amines) is 1. The van der Waals surface area contributed by atoms with Gasteiger partial charge in [0.15, 0.2) is 5.54 Å². The van der Waals surface area contributed by atoms with Crippen LogP contribution in [0.25, 0.3) is 0 Å². The summed E-state index contributed by atoms with van der Waals surface area (Å²) < 4.78 is 27.4. The molecule has 6 nitrogen and oxygen atoms in total. The number of imide groups is 1. The molecule has 3 amide bonds. The van der Waals surface area contributed by atoms with E-state index >= 15 is 0 Å². The molecule has 0 aromatic heterocycles. The lowest BCUT2D eigenvalue weighted by Gasteiger charge is -2.38. The van der Waals surface area contributed by atoms with Crippen LogP contribution in [0, 0.1) is 29.9 Å². The van der Waals surface area contributed by atoms with Gasteiger partial charge in [0.1, 0.15) is 11.6 Å². The molecule has 3 aromatic rings. The molecule has 2 fully saturated rings. The highest BCUT2D eigenvalue weighted by atomic mass is 19.1. The predicted octanol–water partition coefficient (Wildman–Crippen LogP) is 5.02. The molecule has 0 atom stereocenters. The number of aryl methyl sites for hydroxylation is 1. The first-order chi connectivity index (χ1) is 18.8. The Morgan fingerprint density at radius 1 is 0.872 bits per heavy atom. The van der Waals surface area contributed by atoms with E-state index in [4.69, 9.17) is 0 Å². The van der Waals surface area contributed by atoms with Crippen molar-refractivity contribution < 1.29 is 18.4 Å². The Balaban J connectivity index is 1.27. The molecule has 0 unspecified atom stereocenters. The highest BCUT2D eigenvalue weighted by Crippen LogP contribution is 2.38. The third-order valence-electron chi connectivity index (χ3n) is 8.10. The molecular formula is C31H30F2N4O2. The number of hydrogen-bond donors (Lipinski definition) is 1. The van der Waals surface area contributed by atoms with Gasteiger partial charge in [0.2, 0.25) is 0 Å². The van der Waals surface area contributed by atoms with E-state index in [1.54, 1.807) is 0 Å². The number of amides is 3. The third-order valence-corrected chi connectivity index (χ3v) is 8.10. The van der Waals surface area contributed by atoms with Crippen molar-refractivity contribution in [1.82, 2.24) is 15.1 Å². The third kappa shape index (κ3) is 4.79. The molecule has 0 spiro atoms. The van der Waals surface area contributed by atoms with Crippen molar-refractivity contribution in [3.05, 3.63) is 107 Å². The fourth-order valence-corrected chi connectivity index (χ4v) is 5.90. The van der Waals surface area contributed by atoms with Gasteiger partial charge in [-0.3, -0.25) is 9.69 Å². The van der Waals surface area contributed by atoms with Gasteiger partial charge in [-0.2, -0.15) is 5.26 Å². The number of benzene rings is 3. The second-order valence-electron chi connectivity index (χ2n) is 10.4. The molecule has 5 rings (SSSR count). The van der Waals surface area contributed by atoms with E-state index in [0.717, 1.165) is 37.1 Å². The molecule has 0 radical (unpaired) electrons. The van der Waals surface area contributed by atoms with Gasteiger partial charge in [-0.25, -0.2) is 13.6 Å². The van der Waals surface area contributed by atoms with Crippen LogP contribution in [0.5, 0.6) is 0 Å². The second-order valence-corrected chi connectivity index (χ2v) is 10.4.